The Bertz CT molecular complexity index is 1140. The van der Waals surface area contributed by atoms with Gasteiger partial charge in [0.25, 0.3) is 0 Å². The van der Waals surface area contributed by atoms with E-state index in [0.29, 0.717) is 26.1 Å². The number of nitrogens with zero attached hydrogens (tertiary/aromatic N) is 2. The highest BCUT2D eigenvalue weighted by Gasteiger charge is 2.49. The molecular formula is C25H23F3N2O3. The predicted octanol–water partition coefficient (Wildman–Crippen LogP) is 4.90. The first-order valence-electron chi connectivity index (χ1n) is 11.0. The average Bonchev–Trinajstić information content (AvgIpc) is 3.34. The van der Waals surface area contributed by atoms with E-state index >= 15 is 0 Å². The lowest BCUT2D eigenvalue weighted by molar-refractivity contribution is -0.218. The first kappa shape index (κ1) is 21.9. The lowest BCUT2D eigenvalue weighted by Gasteiger charge is -2.41. The van der Waals surface area contributed by atoms with Gasteiger partial charge >= 0.3 is 12.1 Å². The van der Waals surface area contributed by atoms with Crippen LogP contribution in [0.15, 0.2) is 60.8 Å². The molecule has 5 rings (SSSR count). The molecular weight excluding hydrogens is 433 g/mol. The van der Waals surface area contributed by atoms with E-state index in [0.717, 1.165) is 32.5 Å². The highest BCUT2D eigenvalue weighted by atomic mass is 19.4. The second-order valence-corrected chi connectivity index (χ2v) is 8.39. The van der Waals surface area contributed by atoms with Crippen molar-refractivity contribution >= 4 is 16.8 Å². The van der Waals surface area contributed by atoms with Crippen LogP contribution in [0, 0.1) is 5.92 Å². The Balaban J connectivity index is 1.40. The van der Waals surface area contributed by atoms with Crippen LogP contribution in [-0.4, -0.2) is 48.3 Å². The van der Waals surface area contributed by atoms with Crippen LogP contribution < -0.4 is 0 Å². The van der Waals surface area contributed by atoms with Gasteiger partial charge in [0.05, 0.1) is 18.7 Å². The van der Waals surface area contributed by atoms with Crippen molar-refractivity contribution in [1.29, 1.82) is 0 Å². The van der Waals surface area contributed by atoms with Gasteiger partial charge in [0, 0.05) is 41.7 Å². The monoisotopic (exact) mass is 456 g/mol. The van der Waals surface area contributed by atoms with E-state index in [-0.39, 0.29) is 19.0 Å². The van der Waals surface area contributed by atoms with Crippen LogP contribution in [-0.2, 0) is 20.1 Å². The molecule has 2 saturated heterocycles. The number of hydrogen-bond donors (Lipinski definition) is 0. The van der Waals surface area contributed by atoms with Crippen molar-refractivity contribution in [2.24, 2.45) is 5.92 Å². The number of amides is 1. The minimum atomic E-state index is -4.85. The number of pyridine rings is 1. The molecule has 0 spiro atoms. The molecule has 0 saturated carbocycles. The summed E-state index contributed by atoms with van der Waals surface area (Å²) in [5, 5.41) is 1.05. The molecule has 2 fully saturated rings. The lowest BCUT2D eigenvalue weighted by Crippen LogP contribution is -2.49. The normalized spacial score (nSPS) is 19.2. The Kier molecular flexibility index (Phi) is 5.58. The number of para-hydroxylation sites is 1. The van der Waals surface area contributed by atoms with Crippen LogP contribution in [0.5, 0.6) is 0 Å². The van der Waals surface area contributed by atoms with Gasteiger partial charge in [-0.15, -0.1) is 0 Å². The molecule has 0 unspecified atom stereocenters. The van der Waals surface area contributed by atoms with Gasteiger partial charge in [-0.1, -0.05) is 48.5 Å². The second-order valence-electron chi connectivity index (χ2n) is 8.39. The van der Waals surface area contributed by atoms with Gasteiger partial charge in [-0.05, 0) is 24.5 Å². The summed E-state index contributed by atoms with van der Waals surface area (Å²) >= 11 is 0. The zero-order chi connectivity index (χ0) is 23.1. The fourth-order valence-corrected chi connectivity index (χ4v) is 4.93. The summed E-state index contributed by atoms with van der Waals surface area (Å²) in [6.45, 7) is 0.877. The summed E-state index contributed by atoms with van der Waals surface area (Å²) < 4.78 is 50.6. The molecule has 172 valence electrons. The van der Waals surface area contributed by atoms with Gasteiger partial charge in [0.15, 0.2) is 5.79 Å². The summed E-state index contributed by atoms with van der Waals surface area (Å²) in [6, 6.07) is 17.9. The molecule has 0 aliphatic carbocycles. The van der Waals surface area contributed by atoms with Gasteiger partial charge < -0.3 is 14.4 Å². The topological polar surface area (TPSA) is 51.7 Å². The molecule has 0 N–H and O–H groups in total. The van der Waals surface area contributed by atoms with Crippen LogP contribution in [0.25, 0.3) is 22.0 Å². The van der Waals surface area contributed by atoms with Gasteiger partial charge in [0.2, 0.25) is 0 Å². The Hall–Kier alpha value is -2.97. The highest BCUT2D eigenvalue weighted by molar-refractivity contribution is 5.93. The predicted molar refractivity (Wildman–Crippen MR) is 116 cm³/mol. The number of ether oxygens (including phenoxy) is 2. The largest absolute Gasteiger partial charge is 0.471 e. The number of hydrogen-bond acceptors (Lipinski definition) is 4. The Labute approximate surface area is 189 Å². The zero-order valence-corrected chi connectivity index (χ0v) is 17.8. The Morgan fingerprint density at radius 3 is 2.30 bits per heavy atom. The van der Waals surface area contributed by atoms with Crippen LogP contribution in [0.1, 0.15) is 18.4 Å². The summed E-state index contributed by atoms with van der Waals surface area (Å²) in [5.74, 6) is -2.94. The Morgan fingerprint density at radius 2 is 1.64 bits per heavy atom. The van der Waals surface area contributed by atoms with Crippen molar-refractivity contribution in [2.75, 3.05) is 26.3 Å². The summed E-state index contributed by atoms with van der Waals surface area (Å²) in [4.78, 5) is 17.0. The van der Waals surface area contributed by atoms with Crippen LogP contribution in [0.4, 0.5) is 13.2 Å². The minimum absolute atomic E-state index is 0.0250. The fraction of sp³-hybridized carbons (Fsp3) is 0.360. The van der Waals surface area contributed by atoms with E-state index in [1.54, 1.807) is 6.20 Å². The van der Waals surface area contributed by atoms with E-state index in [2.05, 4.69) is 4.98 Å². The number of carbonyl (C=O) groups is 1. The number of carbonyl (C=O) groups excluding carboxylic acids is 1. The molecule has 1 amide bonds. The maximum atomic E-state index is 12.8. The third-order valence-electron chi connectivity index (χ3n) is 6.51. The summed E-state index contributed by atoms with van der Waals surface area (Å²) in [6.07, 6.45) is -2.34. The third-order valence-corrected chi connectivity index (χ3v) is 6.51. The van der Waals surface area contributed by atoms with Crippen molar-refractivity contribution in [2.45, 2.75) is 24.8 Å². The quantitative estimate of drug-likeness (QED) is 0.563. The molecule has 3 heterocycles. The van der Waals surface area contributed by atoms with Crippen LogP contribution >= 0.6 is 0 Å². The molecule has 2 aliphatic heterocycles. The molecule has 8 heteroatoms. The number of piperidine rings is 1. The van der Waals surface area contributed by atoms with Crippen molar-refractivity contribution in [3.63, 3.8) is 0 Å². The van der Waals surface area contributed by atoms with Crippen molar-refractivity contribution in [3.05, 3.63) is 66.4 Å². The summed E-state index contributed by atoms with van der Waals surface area (Å²) in [5.41, 5.74) is 3.76. The number of aromatic nitrogens is 1. The van der Waals surface area contributed by atoms with E-state index in [1.807, 2.05) is 54.6 Å². The van der Waals surface area contributed by atoms with E-state index in [9.17, 15) is 18.0 Å². The molecule has 0 atom stereocenters. The van der Waals surface area contributed by atoms with Gasteiger partial charge in [0.1, 0.15) is 0 Å². The van der Waals surface area contributed by atoms with Crippen LogP contribution in [0.3, 0.4) is 0 Å². The molecule has 33 heavy (non-hydrogen) atoms. The number of likely N-dealkylation sites (tertiary alicyclic amines) is 1. The SMILES string of the molecule is O=C(N1CCC(C2(c3ccc(-c4cccc5cccnc45)cc3)OCCO2)CC1)C(F)(F)F. The molecule has 1 aromatic heterocycles. The minimum Gasteiger partial charge on any atom is -0.343 e. The fourth-order valence-electron chi connectivity index (χ4n) is 4.93. The van der Waals surface area contributed by atoms with E-state index in [1.165, 1.54) is 0 Å². The average molecular weight is 456 g/mol. The molecule has 0 bridgehead atoms. The lowest BCUT2D eigenvalue weighted by atomic mass is 9.83. The highest BCUT2D eigenvalue weighted by Crippen LogP contribution is 2.44. The van der Waals surface area contributed by atoms with Gasteiger partial charge in [-0.2, -0.15) is 13.2 Å². The zero-order valence-electron chi connectivity index (χ0n) is 17.8. The summed E-state index contributed by atoms with van der Waals surface area (Å²) in [7, 11) is 0. The number of benzene rings is 2. The standard InChI is InChI=1S/C25H23F3N2O3/c26-25(27,28)23(31)30-13-10-20(11-14-30)24(32-15-16-33-24)19-8-6-17(7-9-19)21-5-1-3-18-4-2-12-29-22(18)21/h1-9,12,20H,10-11,13-16H2. The van der Waals surface area contributed by atoms with Gasteiger partial charge in [-0.3, -0.25) is 9.78 Å². The number of rotatable bonds is 3. The smallest absolute Gasteiger partial charge is 0.343 e. The molecule has 2 aliphatic rings. The van der Waals surface area contributed by atoms with E-state index in [4.69, 9.17) is 9.47 Å². The number of fused-ring (bicyclic) bond motifs is 1. The second kappa shape index (κ2) is 8.43. The van der Waals surface area contributed by atoms with E-state index < -0.39 is 17.9 Å². The first-order valence-corrected chi connectivity index (χ1v) is 11.0. The van der Waals surface area contributed by atoms with Crippen molar-refractivity contribution in [3.8, 4) is 11.1 Å². The number of alkyl halides is 3. The third kappa shape index (κ3) is 3.98. The van der Waals surface area contributed by atoms with Crippen LogP contribution in [0.2, 0.25) is 0 Å². The maximum absolute atomic E-state index is 12.8. The molecule has 5 nitrogen and oxygen atoms in total. The molecule has 2 aromatic carbocycles. The molecule has 0 radical (unpaired) electrons. The number of halogens is 3. The maximum Gasteiger partial charge on any atom is 0.471 e. The van der Waals surface area contributed by atoms with Crippen molar-refractivity contribution in [1.82, 2.24) is 9.88 Å². The molecule has 3 aromatic rings. The Morgan fingerprint density at radius 1 is 0.970 bits per heavy atom. The van der Waals surface area contributed by atoms with Gasteiger partial charge in [-0.25, -0.2) is 0 Å². The first-order chi connectivity index (χ1) is 15.9. The van der Waals surface area contributed by atoms with Crippen molar-refractivity contribution < 1.29 is 27.4 Å².